The lowest BCUT2D eigenvalue weighted by molar-refractivity contribution is -0.127. The molecule has 0 atom stereocenters. The van der Waals surface area contributed by atoms with Gasteiger partial charge in [0.1, 0.15) is 18.1 Å². The van der Waals surface area contributed by atoms with E-state index in [9.17, 15) is 9.59 Å². The van der Waals surface area contributed by atoms with E-state index in [2.05, 4.69) is 10.3 Å². The summed E-state index contributed by atoms with van der Waals surface area (Å²) >= 11 is 0. The van der Waals surface area contributed by atoms with Gasteiger partial charge in [-0.3, -0.25) is 9.59 Å². The maximum atomic E-state index is 12.3. The van der Waals surface area contributed by atoms with Crippen molar-refractivity contribution in [2.24, 2.45) is 5.41 Å². The molecule has 1 aliphatic rings. The van der Waals surface area contributed by atoms with Gasteiger partial charge in [-0.15, -0.1) is 5.10 Å². The second-order valence-corrected chi connectivity index (χ2v) is 8.67. The zero-order valence-electron chi connectivity index (χ0n) is 17.7. The molecule has 0 bridgehead atoms. The number of nitrogens with zero attached hydrogens (tertiary/aromatic N) is 3. The molecule has 4 rings (SSSR count). The molecule has 1 aliphatic carbocycles. The Morgan fingerprint density at radius 1 is 1.00 bits per heavy atom. The Labute approximate surface area is 181 Å². The number of rotatable bonds is 6. The van der Waals surface area contributed by atoms with Crippen molar-refractivity contribution < 1.29 is 14.3 Å². The maximum absolute atomic E-state index is 12.3. The zero-order valence-corrected chi connectivity index (χ0v) is 17.7. The number of hydrogen-bond donors (Lipinski definition) is 0. The molecule has 3 aromatic rings. The highest BCUT2D eigenvalue weighted by Gasteiger charge is 2.35. The Morgan fingerprint density at radius 3 is 2.35 bits per heavy atom. The van der Waals surface area contributed by atoms with Crippen LogP contribution >= 0.6 is 0 Å². The van der Waals surface area contributed by atoms with Crippen LogP contribution in [0.5, 0.6) is 5.75 Å². The minimum atomic E-state index is -0.258. The molecule has 0 aliphatic heterocycles. The SMILES string of the molecule is CC1(C)CC(=O)C(=Cc2ccc(OCc3cn(Cc4ccccc4)nn3)cc2)C(=O)C1. The average molecular weight is 415 g/mol. The molecule has 0 unspecified atom stereocenters. The van der Waals surface area contributed by atoms with Gasteiger partial charge in [0.25, 0.3) is 0 Å². The van der Waals surface area contributed by atoms with Crippen molar-refractivity contribution in [3.05, 3.63) is 83.2 Å². The number of allylic oxidation sites excluding steroid dienone is 1. The number of ketones is 2. The van der Waals surface area contributed by atoms with Crippen LogP contribution in [0.4, 0.5) is 0 Å². The van der Waals surface area contributed by atoms with Gasteiger partial charge in [0, 0.05) is 12.8 Å². The summed E-state index contributed by atoms with van der Waals surface area (Å²) in [5.74, 6) is 0.516. The Kier molecular flexibility index (Phi) is 5.80. The summed E-state index contributed by atoms with van der Waals surface area (Å²) in [6, 6.07) is 17.4. The van der Waals surface area contributed by atoms with E-state index < -0.39 is 0 Å². The molecule has 0 amide bonds. The topological polar surface area (TPSA) is 74.1 Å². The molecule has 31 heavy (non-hydrogen) atoms. The summed E-state index contributed by atoms with van der Waals surface area (Å²) in [4.78, 5) is 24.7. The molecule has 6 nitrogen and oxygen atoms in total. The van der Waals surface area contributed by atoms with Gasteiger partial charge in [-0.05, 0) is 34.8 Å². The molecular weight excluding hydrogens is 390 g/mol. The van der Waals surface area contributed by atoms with Crippen LogP contribution in [0.2, 0.25) is 0 Å². The number of Topliss-reactive ketones (excluding diaryl/α,β-unsaturated/α-hetero) is 2. The van der Waals surface area contributed by atoms with Crippen molar-refractivity contribution >= 4 is 17.6 Å². The Morgan fingerprint density at radius 2 is 1.68 bits per heavy atom. The third-order valence-electron chi connectivity index (χ3n) is 5.23. The van der Waals surface area contributed by atoms with Crippen LogP contribution in [0.1, 0.15) is 43.5 Å². The summed E-state index contributed by atoms with van der Waals surface area (Å²) in [6.45, 7) is 4.87. The van der Waals surface area contributed by atoms with E-state index in [0.29, 0.717) is 37.3 Å². The quantitative estimate of drug-likeness (QED) is 0.445. The van der Waals surface area contributed by atoms with Gasteiger partial charge in [0.05, 0.1) is 18.3 Å². The average Bonchev–Trinajstić information content (AvgIpc) is 3.17. The zero-order chi connectivity index (χ0) is 21.8. The van der Waals surface area contributed by atoms with Crippen molar-refractivity contribution in [3.63, 3.8) is 0 Å². The molecule has 2 aromatic carbocycles. The predicted molar refractivity (Wildman–Crippen MR) is 117 cm³/mol. The Balaban J connectivity index is 1.35. The summed E-state index contributed by atoms with van der Waals surface area (Å²) < 4.78 is 7.58. The third-order valence-corrected chi connectivity index (χ3v) is 5.23. The van der Waals surface area contributed by atoms with Gasteiger partial charge in [0.2, 0.25) is 0 Å². The van der Waals surface area contributed by atoms with Crippen LogP contribution in [0.25, 0.3) is 6.08 Å². The molecule has 6 heteroatoms. The number of carbonyl (C=O) groups is 2. The maximum Gasteiger partial charge on any atom is 0.167 e. The van der Waals surface area contributed by atoms with E-state index in [0.717, 1.165) is 16.8 Å². The van der Waals surface area contributed by atoms with Crippen molar-refractivity contribution in [1.29, 1.82) is 0 Å². The molecule has 1 fully saturated rings. The van der Waals surface area contributed by atoms with Crippen LogP contribution in [-0.4, -0.2) is 26.6 Å². The van der Waals surface area contributed by atoms with Crippen LogP contribution in [0, 0.1) is 5.41 Å². The molecule has 1 saturated carbocycles. The summed E-state index contributed by atoms with van der Waals surface area (Å²) in [5, 5.41) is 8.30. The van der Waals surface area contributed by atoms with E-state index in [1.807, 2.05) is 74.6 Å². The molecule has 0 N–H and O–H groups in total. The van der Waals surface area contributed by atoms with E-state index in [1.54, 1.807) is 10.8 Å². The van der Waals surface area contributed by atoms with Crippen LogP contribution in [-0.2, 0) is 22.7 Å². The van der Waals surface area contributed by atoms with Crippen LogP contribution in [0.15, 0.2) is 66.4 Å². The highest BCUT2D eigenvalue weighted by atomic mass is 16.5. The van der Waals surface area contributed by atoms with Gasteiger partial charge in [-0.1, -0.05) is 61.5 Å². The smallest absolute Gasteiger partial charge is 0.167 e. The molecule has 1 heterocycles. The first kappa shape index (κ1) is 20.7. The van der Waals surface area contributed by atoms with Crippen molar-refractivity contribution in [3.8, 4) is 5.75 Å². The first-order valence-corrected chi connectivity index (χ1v) is 10.3. The normalized spacial score (nSPS) is 15.7. The molecule has 1 aromatic heterocycles. The second-order valence-electron chi connectivity index (χ2n) is 8.67. The molecule has 0 saturated heterocycles. The summed E-state index contributed by atoms with van der Waals surface area (Å²) in [5.41, 5.74) is 2.73. The summed E-state index contributed by atoms with van der Waals surface area (Å²) in [7, 11) is 0. The second kappa shape index (κ2) is 8.68. The molecule has 0 radical (unpaired) electrons. The van der Waals surface area contributed by atoms with Crippen molar-refractivity contribution in [1.82, 2.24) is 15.0 Å². The van der Waals surface area contributed by atoms with Crippen LogP contribution < -0.4 is 4.74 Å². The minimum Gasteiger partial charge on any atom is -0.487 e. The number of benzene rings is 2. The van der Waals surface area contributed by atoms with Gasteiger partial charge >= 0.3 is 0 Å². The Hall–Kier alpha value is -3.54. The van der Waals surface area contributed by atoms with E-state index in [-0.39, 0.29) is 17.0 Å². The largest absolute Gasteiger partial charge is 0.487 e. The predicted octanol–water partition coefficient (Wildman–Crippen LogP) is 4.25. The minimum absolute atomic E-state index is 0.0832. The highest BCUT2D eigenvalue weighted by molar-refractivity contribution is 6.25. The van der Waals surface area contributed by atoms with E-state index >= 15 is 0 Å². The van der Waals surface area contributed by atoms with Gasteiger partial charge < -0.3 is 4.74 Å². The highest BCUT2D eigenvalue weighted by Crippen LogP contribution is 2.34. The summed E-state index contributed by atoms with van der Waals surface area (Å²) in [6.07, 6.45) is 4.35. The lowest BCUT2D eigenvalue weighted by atomic mass is 9.74. The fourth-order valence-corrected chi connectivity index (χ4v) is 3.68. The molecular formula is C25H25N3O3. The third kappa shape index (κ3) is 5.34. The number of aromatic nitrogens is 3. The van der Waals surface area contributed by atoms with Crippen molar-refractivity contribution in [2.75, 3.05) is 0 Å². The number of hydrogen-bond acceptors (Lipinski definition) is 5. The monoisotopic (exact) mass is 415 g/mol. The van der Waals surface area contributed by atoms with Gasteiger partial charge in [-0.2, -0.15) is 0 Å². The number of carbonyl (C=O) groups excluding carboxylic acids is 2. The van der Waals surface area contributed by atoms with Crippen molar-refractivity contribution in [2.45, 2.75) is 39.8 Å². The first-order valence-electron chi connectivity index (χ1n) is 10.3. The first-order chi connectivity index (χ1) is 14.9. The lowest BCUT2D eigenvalue weighted by Crippen LogP contribution is -2.31. The molecule has 0 spiro atoms. The fourth-order valence-electron chi connectivity index (χ4n) is 3.68. The van der Waals surface area contributed by atoms with E-state index in [4.69, 9.17) is 4.74 Å². The lowest BCUT2D eigenvalue weighted by Gasteiger charge is -2.28. The fraction of sp³-hybridized carbons (Fsp3) is 0.280. The van der Waals surface area contributed by atoms with E-state index in [1.165, 1.54) is 0 Å². The standard InChI is InChI=1S/C25H25N3O3/c1-25(2)13-23(29)22(24(30)14-25)12-18-8-10-21(11-9-18)31-17-20-16-28(27-26-20)15-19-6-4-3-5-7-19/h3-12,16H,13-15,17H2,1-2H3. The number of ether oxygens (including phenoxy) is 1. The van der Waals surface area contributed by atoms with Gasteiger partial charge in [0.15, 0.2) is 11.6 Å². The Bertz CT molecular complexity index is 1090. The molecule has 158 valence electrons. The van der Waals surface area contributed by atoms with Gasteiger partial charge in [-0.25, -0.2) is 4.68 Å². The van der Waals surface area contributed by atoms with Crippen LogP contribution in [0.3, 0.4) is 0 Å².